The molecule has 4 rings (SSSR count). The number of fused-ring (bicyclic) bond motifs is 1. The minimum Gasteiger partial charge on any atom is -0.484 e. The maximum Gasteiger partial charge on any atom is 0.263 e. The summed E-state index contributed by atoms with van der Waals surface area (Å²) in [4.78, 5) is 39.0. The minimum atomic E-state index is -0.693. The van der Waals surface area contributed by atoms with Crippen LogP contribution in [0.4, 0.5) is 0 Å². The lowest BCUT2D eigenvalue weighted by molar-refractivity contribution is 0.0428. The van der Waals surface area contributed by atoms with Crippen molar-refractivity contribution in [3.8, 4) is 5.75 Å². The Morgan fingerprint density at radius 1 is 1.16 bits per heavy atom. The molecule has 2 aromatic rings. The van der Waals surface area contributed by atoms with Gasteiger partial charge in [-0.1, -0.05) is 12.1 Å². The molecule has 1 unspecified atom stereocenters. The number of amides is 1. The van der Waals surface area contributed by atoms with E-state index in [2.05, 4.69) is 0 Å². The van der Waals surface area contributed by atoms with Crippen LogP contribution in [0.5, 0.6) is 5.75 Å². The van der Waals surface area contributed by atoms with Gasteiger partial charge in [-0.3, -0.25) is 14.4 Å². The Morgan fingerprint density at radius 3 is 2.80 bits per heavy atom. The van der Waals surface area contributed by atoms with E-state index >= 15 is 0 Å². The zero-order valence-corrected chi connectivity index (χ0v) is 13.9. The van der Waals surface area contributed by atoms with Crippen LogP contribution in [0.2, 0.25) is 0 Å². The second-order valence-corrected chi connectivity index (χ2v) is 6.70. The van der Waals surface area contributed by atoms with Gasteiger partial charge < -0.3 is 14.2 Å². The Bertz CT molecular complexity index is 933. The van der Waals surface area contributed by atoms with Gasteiger partial charge in [-0.25, -0.2) is 0 Å². The molecule has 1 aromatic heterocycles. The first-order valence-electron chi connectivity index (χ1n) is 8.25. The number of hydrogen-bond acceptors (Lipinski definition) is 4. The van der Waals surface area contributed by atoms with Crippen molar-refractivity contribution in [2.45, 2.75) is 18.4 Å². The quantitative estimate of drug-likeness (QED) is 0.793. The molecule has 2 aliphatic heterocycles. The molecule has 0 saturated carbocycles. The summed E-state index contributed by atoms with van der Waals surface area (Å²) in [5.41, 5.74) is -0.278. The monoisotopic (exact) mass is 338 g/mol. The summed E-state index contributed by atoms with van der Waals surface area (Å²) in [6.07, 6.45) is 2.44. The van der Waals surface area contributed by atoms with Gasteiger partial charge >= 0.3 is 0 Å². The van der Waals surface area contributed by atoms with Gasteiger partial charge in [0.25, 0.3) is 11.5 Å². The average molecular weight is 338 g/mol. The van der Waals surface area contributed by atoms with Crippen molar-refractivity contribution in [3.63, 3.8) is 0 Å². The molecule has 0 bridgehead atoms. The Labute approximate surface area is 144 Å². The molecule has 1 aromatic carbocycles. The molecule has 1 fully saturated rings. The van der Waals surface area contributed by atoms with Gasteiger partial charge in [0, 0.05) is 26.2 Å². The zero-order chi connectivity index (χ0) is 17.6. The fourth-order valence-electron chi connectivity index (χ4n) is 3.62. The van der Waals surface area contributed by atoms with Gasteiger partial charge in [-0.2, -0.15) is 0 Å². The topological polar surface area (TPSA) is 68.6 Å². The van der Waals surface area contributed by atoms with E-state index in [9.17, 15) is 14.4 Å². The number of aromatic nitrogens is 1. The molecule has 1 spiro atoms. The van der Waals surface area contributed by atoms with Crippen molar-refractivity contribution in [1.29, 1.82) is 0 Å². The third-order valence-electron chi connectivity index (χ3n) is 4.95. The molecular weight excluding hydrogens is 320 g/mol. The fraction of sp³-hybridized carbons (Fsp3) is 0.316. The summed E-state index contributed by atoms with van der Waals surface area (Å²) in [6, 6.07) is 10.4. The number of nitrogens with zero attached hydrogens (tertiary/aromatic N) is 2. The predicted molar refractivity (Wildman–Crippen MR) is 91.0 cm³/mol. The Hall–Kier alpha value is -2.89. The highest BCUT2D eigenvalue weighted by Gasteiger charge is 2.47. The van der Waals surface area contributed by atoms with Gasteiger partial charge in [0.2, 0.25) is 0 Å². The second kappa shape index (κ2) is 5.58. The van der Waals surface area contributed by atoms with Crippen LogP contribution in [0, 0.1) is 0 Å². The molecule has 1 atom stereocenters. The lowest BCUT2D eigenvalue weighted by Gasteiger charge is -2.34. The smallest absolute Gasteiger partial charge is 0.263 e. The highest BCUT2D eigenvalue weighted by atomic mass is 16.5. The first-order valence-corrected chi connectivity index (χ1v) is 8.25. The van der Waals surface area contributed by atoms with Gasteiger partial charge in [0.15, 0.2) is 5.78 Å². The predicted octanol–water partition coefficient (Wildman–Crippen LogP) is 1.64. The van der Waals surface area contributed by atoms with Crippen LogP contribution in [0.25, 0.3) is 0 Å². The molecule has 6 heteroatoms. The Balaban J connectivity index is 1.60. The number of Topliss-reactive ketones (excluding diaryl/α,β-unsaturated/α-hetero) is 1. The highest BCUT2D eigenvalue weighted by molar-refractivity contribution is 6.00. The number of ketones is 1. The minimum absolute atomic E-state index is 0.0340. The van der Waals surface area contributed by atoms with Crippen molar-refractivity contribution in [1.82, 2.24) is 9.47 Å². The van der Waals surface area contributed by atoms with E-state index in [0.717, 1.165) is 0 Å². The average Bonchev–Trinajstić information content (AvgIpc) is 3.00. The number of likely N-dealkylation sites (tertiary alicyclic amines) is 1. The summed E-state index contributed by atoms with van der Waals surface area (Å²) in [6.45, 7) is 0.774. The number of pyridine rings is 1. The molecule has 25 heavy (non-hydrogen) atoms. The van der Waals surface area contributed by atoms with Gasteiger partial charge in [-0.05, 0) is 24.3 Å². The van der Waals surface area contributed by atoms with E-state index in [1.54, 1.807) is 36.3 Å². The summed E-state index contributed by atoms with van der Waals surface area (Å²) in [5, 5.41) is 0. The van der Waals surface area contributed by atoms with Crippen LogP contribution >= 0.6 is 0 Å². The van der Waals surface area contributed by atoms with E-state index in [1.807, 2.05) is 12.1 Å². The number of carbonyl (C=O) groups is 2. The fourth-order valence-corrected chi connectivity index (χ4v) is 3.62. The molecule has 0 aliphatic carbocycles. The lowest BCUT2D eigenvalue weighted by Crippen LogP contribution is -2.45. The van der Waals surface area contributed by atoms with Crippen molar-refractivity contribution in [2.24, 2.45) is 7.05 Å². The molecule has 2 aliphatic rings. The molecule has 128 valence electrons. The van der Waals surface area contributed by atoms with E-state index in [4.69, 9.17) is 4.74 Å². The summed E-state index contributed by atoms with van der Waals surface area (Å²) in [5.74, 6) is 0.295. The summed E-state index contributed by atoms with van der Waals surface area (Å²) in [7, 11) is 1.62. The molecule has 6 nitrogen and oxygen atoms in total. The number of para-hydroxylation sites is 1. The van der Waals surface area contributed by atoms with Crippen LogP contribution < -0.4 is 10.3 Å². The molecule has 1 amide bonds. The molecule has 1 saturated heterocycles. The first-order chi connectivity index (χ1) is 12.0. The largest absolute Gasteiger partial charge is 0.484 e. The maximum absolute atomic E-state index is 12.7. The van der Waals surface area contributed by atoms with Gasteiger partial charge in [0.05, 0.1) is 18.5 Å². The molecule has 3 heterocycles. The SMILES string of the molecule is Cn1cccc(C(=O)N2CCC3(CC(=O)c4ccccc4O3)C2)c1=O. The van der Waals surface area contributed by atoms with E-state index < -0.39 is 5.60 Å². The van der Waals surface area contributed by atoms with Crippen molar-refractivity contribution in [3.05, 3.63) is 64.1 Å². The number of ether oxygens (including phenoxy) is 1. The summed E-state index contributed by atoms with van der Waals surface area (Å²) < 4.78 is 7.51. The van der Waals surface area contributed by atoms with Crippen LogP contribution in [0.3, 0.4) is 0 Å². The molecule has 0 radical (unpaired) electrons. The standard InChI is InChI=1S/C19H18N2O4/c1-20-9-4-6-14(17(20)23)18(24)21-10-8-19(12-21)11-15(22)13-5-2-3-7-16(13)25-19/h2-7,9H,8,10-12H2,1H3. The molecular formula is C19H18N2O4. The summed E-state index contributed by atoms with van der Waals surface area (Å²) >= 11 is 0. The van der Waals surface area contributed by atoms with Crippen molar-refractivity contribution in [2.75, 3.05) is 13.1 Å². The first kappa shape index (κ1) is 15.6. The highest BCUT2D eigenvalue weighted by Crippen LogP contribution is 2.38. The third-order valence-corrected chi connectivity index (χ3v) is 4.95. The number of rotatable bonds is 1. The van der Waals surface area contributed by atoms with Crippen LogP contribution in [0.15, 0.2) is 47.4 Å². The number of carbonyl (C=O) groups excluding carboxylic acids is 2. The molecule has 0 N–H and O–H groups in total. The van der Waals surface area contributed by atoms with Gasteiger partial charge in [-0.15, -0.1) is 0 Å². The van der Waals surface area contributed by atoms with Crippen LogP contribution in [0.1, 0.15) is 33.6 Å². The zero-order valence-electron chi connectivity index (χ0n) is 13.9. The van der Waals surface area contributed by atoms with Crippen LogP contribution in [-0.2, 0) is 7.05 Å². The van der Waals surface area contributed by atoms with Gasteiger partial charge in [0.1, 0.15) is 16.9 Å². The lowest BCUT2D eigenvalue weighted by atomic mass is 9.89. The number of aryl methyl sites for hydroxylation is 1. The van der Waals surface area contributed by atoms with E-state index in [0.29, 0.717) is 30.8 Å². The van der Waals surface area contributed by atoms with E-state index in [-0.39, 0.29) is 29.2 Å². The Kier molecular flexibility index (Phi) is 3.49. The Morgan fingerprint density at radius 2 is 1.96 bits per heavy atom. The van der Waals surface area contributed by atoms with Crippen LogP contribution in [-0.4, -0.2) is 39.8 Å². The third kappa shape index (κ3) is 2.54. The second-order valence-electron chi connectivity index (χ2n) is 6.70. The number of hydrogen-bond donors (Lipinski definition) is 0. The van der Waals surface area contributed by atoms with E-state index in [1.165, 1.54) is 10.6 Å². The van der Waals surface area contributed by atoms with Crippen molar-refractivity contribution >= 4 is 11.7 Å². The normalized spacial score (nSPS) is 22.0. The van der Waals surface area contributed by atoms with Crippen molar-refractivity contribution < 1.29 is 14.3 Å². The number of benzene rings is 1. The maximum atomic E-state index is 12.7.